The molecule has 2 aromatic heterocycles. The Morgan fingerprint density at radius 1 is 1.35 bits per heavy atom. The largest absolute Gasteiger partial charge is 0.312 e. The predicted molar refractivity (Wildman–Crippen MR) is 74.6 cm³/mol. The van der Waals surface area contributed by atoms with Gasteiger partial charge < -0.3 is 5.32 Å². The van der Waals surface area contributed by atoms with E-state index in [-0.39, 0.29) is 0 Å². The fourth-order valence-corrected chi connectivity index (χ4v) is 3.37. The van der Waals surface area contributed by atoms with Crippen molar-refractivity contribution in [2.75, 3.05) is 6.54 Å². The van der Waals surface area contributed by atoms with Crippen LogP contribution >= 0.6 is 22.7 Å². The predicted octanol–water partition coefficient (Wildman–Crippen LogP) is 3.33. The lowest BCUT2D eigenvalue weighted by Gasteiger charge is -2.00. The van der Waals surface area contributed by atoms with E-state index in [9.17, 15) is 0 Å². The van der Waals surface area contributed by atoms with Gasteiger partial charge in [-0.25, -0.2) is 4.98 Å². The second-order valence-electron chi connectivity index (χ2n) is 3.78. The summed E-state index contributed by atoms with van der Waals surface area (Å²) in [6, 6.07) is 0. The number of hydrogen-bond donors (Lipinski definition) is 1. The molecular formula is C12H17N3S2. The van der Waals surface area contributed by atoms with Gasteiger partial charge in [0.15, 0.2) is 0 Å². The van der Waals surface area contributed by atoms with E-state index in [1.807, 2.05) is 11.7 Å². The molecule has 2 aromatic rings. The molecule has 5 heteroatoms. The fourth-order valence-electron chi connectivity index (χ4n) is 1.62. The third-order valence-corrected chi connectivity index (χ3v) is 4.48. The summed E-state index contributed by atoms with van der Waals surface area (Å²) in [5.41, 5.74) is 3.11. The molecule has 0 spiro atoms. The van der Waals surface area contributed by atoms with Gasteiger partial charge in [0.05, 0.1) is 16.1 Å². The maximum Gasteiger partial charge on any atom is 0.135 e. The van der Waals surface area contributed by atoms with Crippen LogP contribution in [-0.4, -0.2) is 16.5 Å². The first-order valence-corrected chi connectivity index (χ1v) is 7.62. The summed E-state index contributed by atoms with van der Waals surface area (Å²) in [6.07, 6.45) is 4.11. The lowest BCUT2D eigenvalue weighted by atomic mass is 10.2. The van der Waals surface area contributed by atoms with Crippen LogP contribution in [0.4, 0.5) is 0 Å². The van der Waals surface area contributed by atoms with Gasteiger partial charge in [-0.3, -0.25) is 4.98 Å². The Morgan fingerprint density at radius 2 is 2.24 bits per heavy atom. The molecule has 0 fully saturated rings. The summed E-state index contributed by atoms with van der Waals surface area (Å²) in [6.45, 7) is 6.26. The number of aromatic nitrogens is 2. The van der Waals surface area contributed by atoms with E-state index < -0.39 is 0 Å². The Morgan fingerprint density at radius 3 is 2.88 bits per heavy atom. The van der Waals surface area contributed by atoms with E-state index in [4.69, 9.17) is 4.98 Å². The third kappa shape index (κ3) is 3.12. The molecule has 0 aliphatic rings. The second-order valence-corrected chi connectivity index (χ2v) is 5.75. The summed E-state index contributed by atoms with van der Waals surface area (Å²) < 4.78 is 0. The first kappa shape index (κ1) is 12.7. The Bertz CT molecular complexity index is 448. The Labute approximate surface area is 110 Å². The smallest absolute Gasteiger partial charge is 0.135 e. The van der Waals surface area contributed by atoms with Crippen LogP contribution in [0.3, 0.4) is 0 Å². The quantitative estimate of drug-likeness (QED) is 0.872. The van der Waals surface area contributed by atoms with Crippen molar-refractivity contribution in [1.29, 1.82) is 0 Å². The zero-order valence-electron chi connectivity index (χ0n) is 10.2. The van der Waals surface area contributed by atoms with Gasteiger partial charge in [-0.05, 0) is 13.0 Å². The summed E-state index contributed by atoms with van der Waals surface area (Å²) in [4.78, 5) is 11.4. The van der Waals surface area contributed by atoms with Gasteiger partial charge in [0.1, 0.15) is 5.01 Å². The van der Waals surface area contributed by atoms with Gasteiger partial charge in [-0.1, -0.05) is 20.3 Å². The monoisotopic (exact) mass is 267 g/mol. The zero-order valence-corrected chi connectivity index (χ0v) is 11.8. The highest BCUT2D eigenvalue weighted by molar-refractivity contribution is 7.20. The van der Waals surface area contributed by atoms with Gasteiger partial charge >= 0.3 is 0 Å². The molecule has 3 nitrogen and oxygen atoms in total. The van der Waals surface area contributed by atoms with Crippen LogP contribution in [-0.2, 0) is 13.0 Å². The standard InChI is InChI=1S/C12H17N3S2/c1-3-5-9-10(6-13-4-2)17-12(15-9)11-7-14-8-16-11/h7-8,13H,3-6H2,1-2H3. The molecule has 92 valence electrons. The minimum atomic E-state index is 0.933. The van der Waals surface area contributed by atoms with Crippen molar-refractivity contribution in [2.24, 2.45) is 0 Å². The van der Waals surface area contributed by atoms with Crippen molar-refractivity contribution in [2.45, 2.75) is 33.2 Å². The summed E-state index contributed by atoms with van der Waals surface area (Å²) in [5, 5.41) is 4.49. The maximum atomic E-state index is 4.74. The molecule has 0 aliphatic carbocycles. The fraction of sp³-hybridized carbons (Fsp3) is 0.500. The van der Waals surface area contributed by atoms with E-state index in [0.29, 0.717) is 0 Å². The minimum absolute atomic E-state index is 0.933. The Kier molecular flexibility index (Phi) is 4.65. The number of nitrogens with zero attached hydrogens (tertiary/aromatic N) is 2. The molecule has 0 atom stereocenters. The van der Waals surface area contributed by atoms with Crippen LogP contribution < -0.4 is 5.32 Å². The molecule has 0 amide bonds. The summed E-state index contributed by atoms with van der Waals surface area (Å²) >= 11 is 3.45. The van der Waals surface area contributed by atoms with Crippen molar-refractivity contribution in [1.82, 2.24) is 15.3 Å². The topological polar surface area (TPSA) is 37.8 Å². The van der Waals surface area contributed by atoms with Crippen molar-refractivity contribution < 1.29 is 0 Å². The zero-order chi connectivity index (χ0) is 12.1. The molecule has 1 N–H and O–H groups in total. The highest BCUT2D eigenvalue weighted by Crippen LogP contribution is 2.30. The molecule has 2 heterocycles. The molecule has 0 aromatic carbocycles. The van der Waals surface area contributed by atoms with Crippen LogP contribution in [0.5, 0.6) is 0 Å². The normalized spacial score (nSPS) is 10.9. The van der Waals surface area contributed by atoms with E-state index in [2.05, 4.69) is 24.1 Å². The molecule has 0 bridgehead atoms. The minimum Gasteiger partial charge on any atom is -0.312 e. The van der Waals surface area contributed by atoms with Crippen LogP contribution in [0.15, 0.2) is 11.7 Å². The Balaban J connectivity index is 2.24. The molecule has 0 radical (unpaired) electrons. The number of hydrogen-bond acceptors (Lipinski definition) is 5. The first-order chi connectivity index (χ1) is 8.35. The second kappa shape index (κ2) is 6.23. The van der Waals surface area contributed by atoms with Gasteiger partial charge in [0, 0.05) is 17.6 Å². The van der Waals surface area contributed by atoms with Crippen molar-refractivity contribution in [3.05, 3.63) is 22.3 Å². The molecule has 0 aliphatic heterocycles. The third-order valence-electron chi connectivity index (χ3n) is 2.44. The summed E-state index contributed by atoms with van der Waals surface area (Å²) in [7, 11) is 0. The van der Waals surface area contributed by atoms with Crippen LogP contribution in [0.25, 0.3) is 9.88 Å². The van der Waals surface area contributed by atoms with Gasteiger partial charge in [-0.15, -0.1) is 22.7 Å². The van der Waals surface area contributed by atoms with Crippen LogP contribution in [0, 0.1) is 0 Å². The molecule has 0 saturated heterocycles. The van der Waals surface area contributed by atoms with Gasteiger partial charge in [0.25, 0.3) is 0 Å². The molecule has 0 unspecified atom stereocenters. The van der Waals surface area contributed by atoms with Crippen molar-refractivity contribution >= 4 is 22.7 Å². The van der Waals surface area contributed by atoms with E-state index in [0.717, 1.165) is 30.9 Å². The molecule has 2 rings (SSSR count). The lowest BCUT2D eigenvalue weighted by molar-refractivity contribution is 0.723. The Hall–Kier alpha value is -0.780. The number of thiazole rings is 2. The highest BCUT2D eigenvalue weighted by atomic mass is 32.1. The average molecular weight is 267 g/mol. The van der Waals surface area contributed by atoms with Crippen molar-refractivity contribution in [3.8, 4) is 9.88 Å². The van der Waals surface area contributed by atoms with Crippen LogP contribution in [0.2, 0.25) is 0 Å². The van der Waals surface area contributed by atoms with E-state index in [1.54, 1.807) is 22.7 Å². The molecular weight excluding hydrogens is 250 g/mol. The van der Waals surface area contributed by atoms with Crippen molar-refractivity contribution in [3.63, 3.8) is 0 Å². The highest BCUT2D eigenvalue weighted by Gasteiger charge is 2.12. The van der Waals surface area contributed by atoms with Crippen LogP contribution in [0.1, 0.15) is 30.8 Å². The van der Waals surface area contributed by atoms with E-state index in [1.165, 1.54) is 15.4 Å². The number of aryl methyl sites for hydroxylation is 1. The number of rotatable bonds is 6. The molecule has 0 saturated carbocycles. The van der Waals surface area contributed by atoms with Gasteiger partial charge in [-0.2, -0.15) is 0 Å². The number of nitrogens with one attached hydrogen (secondary N) is 1. The average Bonchev–Trinajstić information content (AvgIpc) is 2.95. The maximum absolute atomic E-state index is 4.74. The summed E-state index contributed by atoms with van der Waals surface area (Å²) in [5.74, 6) is 0. The SMILES string of the molecule is CCCc1nc(-c2cncs2)sc1CNCC. The lowest BCUT2D eigenvalue weighted by Crippen LogP contribution is -2.11. The first-order valence-electron chi connectivity index (χ1n) is 5.93. The molecule has 17 heavy (non-hydrogen) atoms. The van der Waals surface area contributed by atoms with Gasteiger partial charge in [0.2, 0.25) is 0 Å². The van der Waals surface area contributed by atoms with E-state index >= 15 is 0 Å².